The molecule has 2 aromatic rings. The molecular weight excluding hydrogens is 406 g/mol. The lowest BCUT2D eigenvalue weighted by atomic mass is 10.2. The molecule has 1 aliphatic rings. The van der Waals surface area contributed by atoms with Gasteiger partial charge in [0.05, 0.1) is 0 Å². The van der Waals surface area contributed by atoms with E-state index in [9.17, 15) is 0 Å². The molecule has 9 heteroatoms. The first-order chi connectivity index (χ1) is 13.9. The van der Waals surface area contributed by atoms with Crippen LogP contribution in [0.2, 0.25) is 5.02 Å². The fourth-order valence-electron chi connectivity index (χ4n) is 3.17. The highest BCUT2D eigenvalue weighted by atomic mass is 35.5. The van der Waals surface area contributed by atoms with Crippen molar-refractivity contribution in [2.24, 2.45) is 4.99 Å². The van der Waals surface area contributed by atoms with E-state index in [1.807, 2.05) is 39.0 Å². The minimum absolute atomic E-state index is 0.444. The van der Waals surface area contributed by atoms with Gasteiger partial charge in [-0.2, -0.15) is 4.99 Å². The standard InChI is InChI=1S/C20H26ClN7S/c1-4-22-20(29)26-19(25-18-23-14(2)13-15(3)24-18)28-11-9-27(10-12-28)17-7-5-16(21)6-8-17/h5-8,13H,4,9-12H2,1-3H3,(H2,22,23,24,25,26,29). The zero-order valence-electron chi connectivity index (χ0n) is 16.9. The van der Waals surface area contributed by atoms with Crippen molar-refractivity contribution in [1.82, 2.24) is 20.2 Å². The summed E-state index contributed by atoms with van der Waals surface area (Å²) in [5.74, 6) is 1.19. The van der Waals surface area contributed by atoms with E-state index in [1.165, 1.54) is 5.69 Å². The number of aromatic nitrogens is 2. The molecular formula is C20H26ClN7S. The first-order valence-electron chi connectivity index (χ1n) is 9.66. The van der Waals surface area contributed by atoms with Crippen LogP contribution in [0.15, 0.2) is 35.3 Å². The maximum absolute atomic E-state index is 6.01. The SMILES string of the molecule is CCNC(=S)/N=C(/Nc1nc(C)cc(C)n1)N1CCN(c2ccc(Cl)cc2)CC1. The molecule has 0 aliphatic carbocycles. The maximum atomic E-state index is 6.01. The van der Waals surface area contributed by atoms with Crippen LogP contribution in [0.1, 0.15) is 18.3 Å². The quantitative estimate of drug-likeness (QED) is 0.439. The largest absolute Gasteiger partial charge is 0.368 e. The number of hydrogen-bond donors (Lipinski definition) is 2. The number of benzene rings is 1. The zero-order chi connectivity index (χ0) is 20.8. The highest BCUT2D eigenvalue weighted by Gasteiger charge is 2.21. The molecule has 0 radical (unpaired) electrons. The Kier molecular flexibility index (Phi) is 7.22. The van der Waals surface area contributed by atoms with E-state index >= 15 is 0 Å². The summed E-state index contributed by atoms with van der Waals surface area (Å²) in [5.41, 5.74) is 2.98. The van der Waals surface area contributed by atoms with Crippen LogP contribution in [-0.4, -0.2) is 58.7 Å². The predicted molar refractivity (Wildman–Crippen MR) is 124 cm³/mol. The van der Waals surface area contributed by atoms with E-state index < -0.39 is 0 Å². The number of anilines is 2. The first-order valence-corrected chi connectivity index (χ1v) is 10.4. The maximum Gasteiger partial charge on any atom is 0.229 e. The smallest absolute Gasteiger partial charge is 0.229 e. The Bertz CT molecular complexity index is 857. The minimum atomic E-state index is 0.444. The summed E-state index contributed by atoms with van der Waals surface area (Å²) in [7, 11) is 0. The van der Waals surface area contributed by atoms with E-state index in [2.05, 4.69) is 47.5 Å². The first kappa shape index (κ1) is 21.3. The zero-order valence-corrected chi connectivity index (χ0v) is 18.5. The normalized spacial score (nSPS) is 14.7. The molecule has 1 fully saturated rings. The summed E-state index contributed by atoms with van der Waals surface area (Å²) >= 11 is 11.4. The summed E-state index contributed by atoms with van der Waals surface area (Å²) in [6, 6.07) is 9.88. The van der Waals surface area contributed by atoms with Crippen molar-refractivity contribution in [2.75, 3.05) is 42.9 Å². The third-order valence-electron chi connectivity index (χ3n) is 4.51. The molecule has 2 heterocycles. The van der Waals surface area contributed by atoms with Gasteiger partial charge in [0.2, 0.25) is 11.9 Å². The fourth-order valence-corrected chi connectivity index (χ4v) is 3.53. The molecule has 1 aromatic carbocycles. The van der Waals surface area contributed by atoms with Gasteiger partial charge in [-0.05, 0) is 63.3 Å². The second-order valence-electron chi connectivity index (χ2n) is 6.82. The van der Waals surface area contributed by atoms with Gasteiger partial charge in [-0.25, -0.2) is 9.97 Å². The van der Waals surface area contributed by atoms with Gasteiger partial charge in [0.25, 0.3) is 0 Å². The van der Waals surface area contributed by atoms with Gasteiger partial charge >= 0.3 is 0 Å². The number of hydrogen-bond acceptors (Lipinski definition) is 4. The number of nitrogens with zero attached hydrogens (tertiary/aromatic N) is 5. The molecule has 0 bridgehead atoms. The Morgan fingerprint density at radius 1 is 1.10 bits per heavy atom. The van der Waals surface area contributed by atoms with Gasteiger partial charge in [0.1, 0.15) is 0 Å². The number of halogens is 1. The molecule has 2 N–H and O–H groups in total. The van der Waals surface area contributed by atoms with Gasteiger partial charge < -0.3 is 15.1 Å². The average Bonchev–Trinajstić information content (AvgIpc) is 2.68. The van der Waals surface area contributed by atoms with Gasteiger partial charge in [0.15, 0.2) is 5.11 Å². The molecule has 1 aromatic heterocycles. The van der Waals surface area contributed by atoms with Crippen molar-refractivity contribution in [3.05, 3.63) is 46.7 Å². The molecule has 1 saturated heterocycles. The highest BCUT2D eigenvalue weighted by molar-refractivity contribution is 7.80. The number of aryl methyl sites for hydroxylation is 2. The lowest BCUT2D eigenvalue weighted by Gasteiger charge is -2.37. The van der Waals surface area contributed by atoms with Crippen molar-refractivity contribution < 1.29 is 0 Å². The van der Waals surface area contributed by atoms with Crippen LogP contribution < -0.4 is 15.5 Å². The Labute approximate surface area is 182 Å². The van der Waals surface area contributed by atoms with Crippen LogP contribution in [-0.2, 0) is 0 Å². The van der Waals surface area contributed by atoms with Gasteiger partial charge in [0, 0.05) is 54.8 Å². The molecule has 1 aliphatic heterocycles. The molecule has 0 atom stereocenters. The van der Waals surface area contributed by atoms with E-state index in [1.54, 1.807) is 0 Å². The minimum Gasteiger partial charge on any atom is -0.368 e. The van der Waals surface area contributed by atoms with Crippen LogP contribution >= 0.6 is 23.8 Å². The second-order valence-corrected chi connectivity index (χ2v) is 7.64. The molecule has 7 nitrogen and oxygen atoms in total. The van der Waals surface area contributed by atoms with Gasteiger partial charge in [-0.3, -0.25) is 5.32 Å². The third-order valence-corrected chi connectivity index (χ3v) is 5.00. The molecule has 0 spiro atoms. The summed E-state index contributed by atoms with van der Waals surface area (Å²) in [6.07, 6.45) is 0. The summed E-state index contributed by atoms with van der Waals surface area (Å²) in [4.78, 5) is 18.1. The van der Waals surface area contributed by atoms with E-state index in [-0.39, 0.29) is 0 Å². The molecule has 154 valence electrons. The van der Waals surface area contributed by atoms with Crippen LogP contribution in [0.25, 0.3) is 0 Å². The fraction of sp³-hybridized carbons (Fsp3) is 0.400. The van der Waals surface area contributed by atoms with Crippen LogP contribution in [0.3, 0.4) is 0 Å². The molecule has 0 saturated carbocycles. The molecule has 29 heavy (non-hydrogen) atoms. The Balaban J connectivity index is 1.74. The number of aliphatic imine (C=N–C) groups is 1. The number of piperazine rings is 1. The molecule has 0 unspecified atom stereocenters. The predicted octanol–water partition coefficient (Wildman–Crippen LogP) is 3.23. The Morgan fingerprint density at radius 2 is 1.72 bits per heavy atom. The van der Waals surface area contributed by atoms with Crippen molar-refractivity contribution in [3.63, 3.8) is 0 Å². The topological polar surface area (TPSA) is 68.7 Å². The van der Waals surface area contributed by atoms with Gasteiger partial charge in [-0.1, -0.05) is 11.6 Å². The second kappa shape index (κ2) is 9.84. The monoisotopic (exact) mass is 431 g/mol. The summed E-state index contributed by atoms with van der Waals surface area (Å²) in [5, 5.41) is 7.54. The van der Waals surface area contributed by atoms with Crippen LogP contribution in [0.5, 0.6) is 0 Å². The number of rotatable bonds is 3. The van der Waals surface area contributed by atoms with Crippen molar-refractivity contribution in [3.8, 4) is 0 Å². The van der Waals surface area contributed by atoms with E-state index in [0.717, 1.165) is 49.1 Å². The van der Waals surface area contributed by atoms with Gasteiger partial charge in [-0.15, -0.1) is 0 Å². The highest BCUT2D eigenvalue weighted by Crippen LogP contribution is 2.19. The van der Waals surface area contributed by atoms with Crippen molar-refractivity contribution in [2.45, 2.75) is 20.8 Å². The van der Waals surface area contributed by atoms with Crippen molar-refractivity contribution >= 4 is 46.5 Å². The third kappa shape index (κ3) is 6.01. The molecule has 0 amide bonds. The molecule has 3 rings (SSSR count). The van der Waals surface area contributed by atoms with Crippen molar-refractivity contribution in [1.29, 1.82) is 0 Å². The lowest BCUT2D eigenvalue weighted by molar-refractivity contribution is 0.385. The average molecular weight is 432 g/mol. The summed E-state index contributed by atoms with van der Waals surface area (Å²) in [6.45, 7) is 9.94. The Hall–Kier alpha value is -2.45. The number of thiocarbonyl (C=S) groups is 1. The lowest BCUT2D eigenvalue weighted by Crippen LogP contribution is -2.51. The Morgan fingerprint density at radius 3 is 2.31 bits per heavy atom. The van der Waals surface area contributed by atoms with Crippen LogP contribution in [0.4, 0.5) is 11.6 Å². The summed E-state index contributed by atoms with van der Waals surface area (Å²) < 4.78 is 0. The number of guanidine groups is 1. The van der Waals surface area contributed by atoms with Crippen LogP contribution in [0, 0.1) is 13.8 Å². The number of nitrogens with one attached hydrogen (secondary N) is 2. The van der Waals surface area contributed by atoms with E-state index in [4.69, 9.17) is 23.8 Å². The van der Waals surface area contributed by atoms with E-state index in [0.29, 0.717) is 17.0 Å².